The average Bonchev–Trinajstić information content (AvgIpc) is 3.24. The summed E-state index contributed by atoms with van der Waals surface area (Å²) >= 11 is 0. The molecule has 0 spiro atoms. The fourth-order valence-corrected chi connectivity index (χ4v) is 4.70. The molecule has 9 heteroatoms. The molecular weight excluding hydrogens is 364 g/mol. The summed E-state index contributed by atoms with van der Waals surface area (Å²) in [7, 11) is 0. The Bertz CT molecular complexity index is 536. The van der Waals surface area contributed by atoms with Gasteiger partial charge in [0, 0.05) is 24.0 Å². The Morgan fingerprint density at radius 1 is 0.929 bits per heavy atom. The molecular formula is C19H36N4O5. The van der Waals surface area contributed by atoms with E-state index in [0.717, 1.165) is 38.5 Å². The third kappa shape index (κ3) is 4.53. The van der Waals surface area contributed by atoms with Gasteiger partial charge in [0.15, 0.2) is 12.6 Å². The molecule has 4 fully saturated rings. The zero-order valence-corrected chi connectivity index (χ0v) is 16.4. The van der Waals surface area contributed by atoms with Gasteiger partial charge in [0.05, 0.1) is 31.0 Å². The number of aliphatic hydroxyl groups is 1. The average molecular weight is 401 g/mol. The lowest BCUT2D eigenvalue weighted by Gasteiger charge is -2.44. The summed E-state index contributed by atoms with van der Waals surface area (Å²) in [5.74, 6) is 0. The maximum Gasteiger partial charge on any atom is 0.173 e. The smallest absolute Gasteiger partial charge is 0.173 e. The fourth-order valence-electron chi connectivity index (χ4n) is 4.70. The van der Waals surface area contributed by atoms with E-state index in [-0.39, 0.29) is 61.0 Å². The highest BCUT2D eigenvalue weighted by Crippen LogP contribution is 2.42. The summed E-state index contributed by atoms with van der Waals surface area (Å²) in [5, 5.41) is 9.28. The molecule has 9 atom stereocenters. The summed E-state index contributed by atoms with van der Waals surface area (Å²) in [6.45, 7) is -0.00349. The molecule has 9 N–H and O–H groups in total. The van der Waals surface area contributed by atoms with Crippen molar-refractivity contribution in [2.45, 2.75) is 112 Å². The number of hydrogen-bond donors (Lipinski definition) is 5. The molecule has 0 amide bonds. The van der Waals surface area contributed by atoms with Gasteiger partial charge in [-0.1, -0.05) is 0 Å². The fraction of sp³-hybridized carbons (Fsp3) is 1.00. The molecule has 2 saturated heterocycles. The normalized spacial score (nSPS) is 48.5. The Kier molecular flexibility index (Phi) is 6.27. The molecule has 0 radical (unpaired) electrons. The summed E-state index contributed by atoms with van der Waals surface area (Å²) in [6, 6.07) is -0.543. The molecule has 2 aliphatic carbocycles. The molecule has 2 aliphatic heterocycles. The highest BCUT2D eigenvalue weighted by Gasteiger charge is 2.50. The first kappa shape index (κ1) is 20.9. The van der Waals surface area contributed by atoms with Gasteiger partial charge in [-0.05, 0) is 44.9 Å². The monoisotopic (exact) mass is 400 g/mol. The van der Waals surface area contributed by atoms with Crippen molar-refractivity contribution in [2.24, 2.45) is 22.9 Å². The number of aliphatic hydroxyl groups excluding tert-OH is 1. The van der Waals surface area contributed by atoms with Crippen molar-refractivity contribution >= 4 is 0 Å². The van der Waals surface area contributed by atoms with Crippen molar-refractivity contribution in [2.75, 3.05) is 6.61 Å². The first-order valence-corrected chi connectivity index (χ1v) is 10.7. The van der Waals surface area contributed by atoms with E-state index in [1.807, 2.05) is 0 Å². The summed E-state index contributed by atoms with van der Waals surface area (Å²) < 4.78 is 24.4. The Morgan fingerprint density at radius 3 is 2.39 bits per heavy atom. The van der Waals surface area contributed by atoms with Crippen LogP contribution in [0.1, 0.15) is 51.4 Å². The maximum absolute atomic E-state index is 9.28. The van der Waals surface area contributed by atoms with E-state index in [2.05, 4.69) is 0 Å². The second kappa shape index (κ2) is 8.41. The van der Waals surface area contributed by atoms with Crippen molar-refractivity contribution in [3.8, 4) is 0 Å². The number of hydrogen-bond acceptors (Lipinski definition) is 9. The Hall–Kier alpha value is -0.360. The number of nitrogens with two attached hydrogens (primary N) is 4. The third-order valence-electron chi connectivity index (χ3n) is 6.67. The quantitative estimate of drug-likeness (QED) is 0.377. The lowest BCUT2D eigenvalue weighted by Crippen LogP contribution is -2.60. The van der Waals surface area contributed by atoms with E-state index in [1.165, 1.54) is 0 Å². The lowest BCUT2D eigenvalue weighted by molar-refractivity contribution is -0.270. The van der Waals surface area contributed by atoms with Crippen LogP contribution < -0.4 is 22.9 Å². The zero-order valence-electron chi connectivity index (χ0n) is 16.4. The van der Waals surface area contributed by atoms with E-state index in [1.54, 1.807) is 0 Å². The van der Waals surface area contributed by atoms with Gasteiger partial charge < -0.3 is 47.0 Å². The largest absolute Gasteiger partial charge is 0.394 e. The van der Waals surface area contributed by atoms with Gasteiger partial charge in [-0.15, -0.1) is 0 Å². The van der Waals surface area contributed by atoms with E-state index >= 15 is 0 Å². The van der Waals surface area contributed by atoms with Crippen LogP contribution in [0.25, 0.3) is 0 Å². The zero-order chi connectivity index (χ0) is 19.9. The minimum atomic E-state index is -0.550. The Balaban J connectivity index is 1.40. The van der Waals surface area contributed by atoms with Crippen molar-refractivity contribution in [3.05, 3.63) is 0 Å². The molecule has 0 bridgehead atoms. The molecule has 0 aromatic rings. The summed E-state index contributed by atoms with van der Waals surface area (Å²) in [6.07, 6.45) is 4.62. The number of rotatable bonds is 6. The highest BCUT2D eigenvalue weighted by molar-refractivity contribution is 5.07. The van der Waals surface area contributed by atoms with E-state index in [0.29, 0.717) is 12.8 Å². The van der Waals surface area contributed by atoms with E-state index in [9.17, 15) is 5.11 Å². The molecule has 4 aliphatic rings. The summed E-state index contributed by atoms with van der Waals surface area (Å²) in [4.78, 5) is 0. The van der Waals surface area contributed by atoms with Crippen LogP contribution in [0.2, 0.25) is 0 Å². The van der Waals surface area contributed by atoms with Crippen LogP contribution in [0, 0.1) is 0 Å². The molecule has 162 valence electrons. The van der Waals surface area contributed by atoms with Gasteiger partial charge >= 0.3 is 0 Å². The van der Waals surface area contributed by atoms with E-state index < -0.39 is 6.29 Å². The Morgan fingerprint density at radius 2 is 1.71 bits per heavy atom. The van der Waals surface area contributed by atoms with Gasteiger partial charge in [0.2, 0.25) is 0 Å². The predicted molar refractivity (Wildman–Crippen MR) is 102 cm³/mol. The van der Waals surface area contributed by atoms with Crippen LogP contribution in [0.3, 0.4) is 0 Å². The second-order valence-electron chi connectivity index (χ2n) is 9.09. The van der Waals surface area contributed by atoms with Crippen molar-refractivity contribution < 1.29 is 24.1 Å². The minimum absolute atomic E-state index is 0.00349. The lowest BCUT2D eigenvalue weighted by atomic mass is 9.86. The number of ether oxygens (including phenoxy) is 4. The minimum Gasteiger partial charge on any atom is -0.394 e. The van der Waals surface area contributed by atoms with Crippen LogP contribution >= 0.6 is 0 Å². The van der Waals surface area contributed by atoms with Crippen LogP contribution in [0.5, 0.6) is 0 Å². The van der Waals surface area contributed by atoms with Crippen molar-refractivity contribution in [1.29, 1.82) is 0 Å². The molecule has 28 heavy (non-hydrogen) atoms. The summed E-state index contributed by atoms with van der Waals surface area (Å²) in [5.41, 5.74) is 25.0. The van der Waals surface area contributed by atoms with Gasteiger partial charge in [-0.3, -0.25) is 0 Å². The van der Waals surface area contributed by atoms with Gasteiger partial charge in [0.1, 0.15) is 6.10 Å². The molecule has 6 unspecified atom stereocenters. The van der Waals surface area contributed by atoms with Crippen molar-refractivity contribution in [3.63, 3.8) is 0 Å². The molecule has 0 aromatic heterocycles. The molecule has 4 rings (SSSR count). The predicted octanol–water partition coefficient (Wildman–Crippen LogP) is -0.974. The maximum atomic E-state index is 9.28. The molecule has 0 aromatic carbocycles. The SMILES string of the molecule is NC1CC(N)[C@@H](O[C@H]2OC(C3(N)CC3)CC[C@H]2N)C(OC2CCC(CO)O2)C1. The standard InChI is InChI=1S/C19H36N4O5/c20-10-7-13(22)17(14(8-10)26-16-4-1-11(9-24)25-16)28-18-12(21)2-3-15(27-18)19(23)5-6-19/h10-18,24H,1-9,20-23H2/t10?,11?,12-,13?,14?,15?,16?,17-,18-/m1/s1. The third-order valence-corrected chi connectivity index (χ3v) is 6.67. The molecule has 2 saturated carbocycles. The van der Waals surface area contributed by atoms with Gasteiger partial charge in [0.25, 0.3) is 0 Å². The van der Waals surface area contributed by atoms with Crippen LogP contribution in [-0.4, -0.2) is 72.4 Å². The van der Waals surface area contributed by atoms with Gasteiger partial charge in [-0.25, -0.2) is 0 Å². The topological polar surface area (TPSA) is 161 Å². The second-order valence-corrected chi connectivity index (χ2v) is 9.09. The van der Waals surface area contributed by atoms with Crippen LogP contribution in [0.15, 0.2) is 0 Å². The van der Waals surface area contributed by atoms with Crippen LogP contribution in [0.4, 0.5) is 0 Å². The Labute approximate surface area is 166 Å². The first-order chi connectivity index (χ1) is 13.4. The van der Waals surface area contributed by atoms with E-state index in [4.69, 9.17) is 41.9 Å². The first-order valence-electron chi connectivity index (χ1n) is 10.7. The van der Waals surface area contributed by atoms with Crippen molar-refractivity contribution in [1.82, 2.24) is 0 Å². The van der Waals surface area contributed by atoms with Crippen LogP contribution in [-0.2, 0) is 18.9 Å². The molecule has 2 heterocycles. The molecule has 9 nitrogen and oxygen atoms in total. The van der Waals surface area contributed by atoms with Gasteiger partial charge in [-0.2, -0.15) is 0 Å². The highest BCUT2D eigenvalue weighted by atomic mass is 16.7.